The molecule has 0 bridgehead atoms. The van der Waals surface area contributed by atoms with E-state index in [1.54, 1.807) is 0 Å². The Balaban J connectivity index is 0.00000148. The third kappa shape index (κ3) is 3.52. The van der Waals surface area contributed by atoms with Gasteiger partial charge in [0.25, 0.3) is 5.91 Å². The summed E-state index contributed by atoms with van der Waals surface area (Å²) in [6, 6.07) is 2.54. The maximum Gasteiger partial charge on any atom is 0.255 e. The molecule has 13 heteroatoms. The number of Topliss-reactive ketones (excluding diaryl/α,β-unsaturated/α-hetero) is 2. The molecule has 9 N–H and O–H groups in total. The van der Waals surface area contributed by atoms with E-state index in [0.717, 1.165) is 7.11 Å². The molecule has 1 aromatic carbocycles. The molecule has 36 heavy (non-hydrogen) atoms. The summed E-state index contributed by atoms with van der Waals surface area (Å²) in [4.78, 5) is 39.8. The molecule has 6 atom stereocenters. The number of halogens is 1. The highest BCUT2D eigenvalue weighted by atomic mass is 35.5. The van der Waals surface area contributed by atoms with Gasteiger partial charge in [-0.05, 0) is 32.6 Å². The summed E-state index contributed by atoms with van der Waals surface area (Å²) in [6.07, 6.45) is -1.87. The second kappa shape index (κ2) is 9.47. The van der Waals surface area contributed by atoms with Crippen LogP contribution in [0.25, 0.3) is 0 Å². The zero-order valence-corrected chi connectivity index (χ0v) is 20.6. The molecule has 1 amide bonds. The first-order chi connectivity index (χ1) is 16.2. The predicted octanol–water partition coefficient (Wildman–Crippen LogP) is -1.21. The maximum absolute atomic E-state index is 13.3. The highest BCUT2D eigenvalue weighted by Crippen LogP contribution is 2.56. The summed E-state index contributed by atoms with van der Waals surface area (Å²) in [5.74, 6) is -9.66. The number of rotatable bonds is 2. The molecular formula is C23H29ClN2O10. The number of ketones is 2. The minimum Gasteiger partial charge on any atom is -0.510 e. The van der Waals surface area contributed by atoms with Crippen molar-refractivity contribution in [3.63, 3.8) is 0 Å². The first-order valence-corrected chi connectivity index (χ1v) is 10.5. The van der Waals surface area contributed by atoms with Gasteiger partial charge in [0, 0.05) is 7.11 Å². The molecule has 0 unspecified atom stereocenters. The molecular weight excluding hydrogens is 500 g/mol. The van der Waals surface area contributed by atoms with Gasteiger partial charge in [0.05, 0.1) is 40.7 Å². The summed E-state index contributed by atoms with van der Waals surface area (Å²) < 4.78 is 0. The van der Waals surface area contributed by atoms with Crippen LogP contribution in [0.4, 0.5) is 0 Å². The third-order valence-electron chi connectivity index (χ3n) is 7.04. The van der Waals surface area contributed by atoms with Gasteiger partial charge in [-0.3, -0.25) is 19.3 Å². The van der Waals surface area contributed by atoms with E-state index in [9.17, 15) is 45.0 Å². The number of likely N-dealkylation sites (N-methyl/N-ethyl adjacent to an activating group) is 1. The fourth-order valence-electron chi connectivity index (χ4n) is 5.60. The van der Waals surface area contributed by atoms with Crippen LogP contribution in [0.15, 0.2) is 40.9 Å². The average molecular weight is 529 g/mol. The number of hydrogen-bond acceptors (Lipinski definition) is 11. The van der Waals surface area contributed by atoms with Crippen molar-refractivity contribution in [1.29, 1.82) is 0 Å². The van der Waals surface area contributed by atoms with Crippen molar-refractivity contribution in [3.8, 4) is 5.75 Å². The molecule has 1 aromatic rings. The van der Waals surface area contributed by atoms with Gasteiger partial charge in [0.15, 0.2) is 11.4 Å². The Morgan fingerprint density at radius 1 is 1.08 bits per heavy atom. The van der Waals surface area contributed by atoms with Crippen LogP contribution in [0.5, 0.6) is 5.75 Å². The van der Waals surface area contributed by atoms with Gasteiger partial charge in [-0.25, -0.2) is 0 Å². The van der Waals surface area contributed by atoms with Gasteiger partial charge in [-0.1, -0.05) is 12.1 Å². The molecule has 0 aromatic heterocycles. The molecule has 0 fully saturated rings. The Labute approximate surface area is 212 Å². The van der Waals surface area contributed by atoms with Crippen molar-refractivity contribution in [2.24, 2.45) is 17.6 Å². The first-order valence-electron chi connectivity index (χ1n) is 10.5. The average Bonchev–Trinajstić information content (AvgIpc) is 2.77. The van der Waals surface area contributed by atoms with Gasteiger partial charge in [0.1, 0.15) is 22.8 Å². The smallest absolute Gasteiger partial charge is 0.255 e. The molecule has 12 nitrogen and oxygen atoms in total. The van der Waals surface area contributed by atoms with Crippen molar-refractivity contribution in [2.75, 3.05) is 21.2 Å². The number of phenols is 1. The van der Waals surface area contributed by atoms with Crippen LogP contribution in [0.1, 0.15) is 22.8 Å². The molecule has 0 saturated carbocycles. The predicted molar refractivity (Wildman–Crippen MR) is 126 cm³/mol. The van der Waals surface area contributed by atoms with E-state index in [1.807, 2.05) is 0 Å². The van der Waals surface area contributed by atoms with Crippen LogP contribution in [0.3, 0.4) is 0 Å². The number of phenolic OH excluding ortho intramolecular Hbond substituents is 1. The summed E-state index contributed by atoms with van der Waals surface area (Å²) in [6.45, 7) is 1.25. The summed E-state index contributed by atoms with van der Waals surface area (Å²) in [7, 11) is 3.85. The normalized spacial score (nSPS) is 33.1. The zero-order chi connectivity index (χ0) is 26.8. The second-order valence-corrected chi connectivity index (χ2v) is 9.06. The van der Waals surface area contributed by atoms with E-state index >= 15 is 0 Å². The Kier molecular flexibility index (Phi) is 7.69. The third-order valence-corrected chi connectivity index (χ3v) is 7.04. The van der Waals surface area contributed by atoms with Crippen LogP contribution in [-0.4, -0.2) is 97.1 Å². The fraction of sp³-hybridized carbons (Fsp3) is 0.435. The number of benzene rings is 1. The number of primary amides is 1. The monoisotopic (exact) mass is 528 g/mol. The maximum atomic E-state index is 13.3. The van der Waals surface area contributed by atoms with Crippen LogP contribution in [0.2, 0.25) is 0 Å². The minimum absolute atomic E-state index is 0. The lowest BCUT2D eigenvalue weighted by Gasteiger charge is -2.55. The summed E-state index contributed by atoms with van der Waals surface area (Å²) in [5.41, 5.74) is -1.88. The molecule has 0 aliphatic heterocycles. The number of amides is 1. The van der Waals surface area contributed by atoms with Gasteiger partial charge >= 0.3 is 0 Å². The standard InChI is InChI=1S/C22H24N2O9.CH4O.ClH/c1-21(32)7-5-4-6-8(25)9(7)15(26)10-12(21)17(28)13-14(24(2)3)16(27)11(20(23)31)19(30)22(13,33)18(10)29;1-2;/h4-6,12-14,17,25,27-29,32-33H,1-3H3,(H2,23,31);2H,1H3;1H/t12-,13-,14+,17+,21-,22+;;/m1../s1. The lowest BCUT2D eigenvalue weighted by atomic mass is 9.54. The summed E-state index contributed by atoms with van der Waals surface area (Å²) in [5, 5.41) is 73.5. The molecule has 0 radical (unpaired) electrons. The quantitative estimate of drug-likeness (QED) is 0.212. The summed E-state index contributed by atoms with van der Waals surface area (Å²) >= 11 is 0. The van der Waals surface area contributed by atoms with Crippen LogP contribution < -0.4 is 5.73 Å². The molecule has 198 valence electrons. The van der Waals surface area contributed by atoms with Crippen LogP contribution in [-0.2, 0) is 15.2 Å². The van der Waals surface area contributed by atoms with Crippen molar-refractivity contribution in [1.82, 2.24) is 4.90 Å². The molecule has 4 rings (SSSR count). The van der Waals surface area contributed by atoms with Gasteiger partial charge < -0.3 is 41.5 Å². The first kappa shape index (κ1) is 29.2. The van der Waals surface area contributed by atoms with E-state index in [0.29, 0.717) is 0 Å². The van der Waals surface area contributed by atoms with Crippen molar-refractivity contribution >= 4 is 29.9 Å². The number of nitrogens with zero attached hydrogens (tertiary/aromatic N) is 1. The lowest BCUT2D eigenvalue weighted by molar-refractivity contribution is -0.173. The number of hydrogen-bond donors (Lipinski definition) is 8. The highest BCUT2D eigenvalue weighted by Gasteiger charge is 2.69. The number of carbonyl (C=O) groups excluding carboxylic acids is 3. The zero-order valence-electron chi connectivity index (χ0n) is 19.8. The Morgan fingerprint density at radius 3 is 2.14 bits per heavy atom. The Morgan fingerprint density at radius 2 is 1.64 bits per heavy atom. The van der Waals surface area contributed by atoms with Crippen molar-refractivity contribution < 1.29 is 50.1 Å². The number of carbonyl (C=O) groups is 3. The molecule has 0 heterocycles. The van der Waals surface area contributed by atoms with E-state index in [1.165, 1.54) is 44.1 Å². The highest BCUT2D eigenvalue weighted by molar-refractivity contribution is 6.25. The SMILES string of the molecule is CN(C)[C@@H]1C(O)=C(C(N)=O)C(=O)[C@@]2(O)C(O)=C3C(=O)c4c(O)cccc4[C@@](C)(O)[C@H]3[C@H](O)[C@@H]12.CO.Cl. The lowest BCUT2D eigenvalue weighted by Crippen LogP contribution is -2.70. The van der Waals surface area contributed by atoms with Crippen molar-refractivity contribution in [3.05, 3.63) is 52.0 Å². The largest absolute Gasteiger partial charge is 0.510 e. The van der Waals surface area contributed by atoms with E-state index in [2.05, 4.69) is 0 Å². The second-order valence-electron chi connectivity index (χ2n) is 9.06. The molecule has 3 aliphatic rings. The molecule has 3 aliphatic carbocycles. The van der Waals surface area contributed by atoms with E-state index in [4.69, 9.17) is 10.8 Å². The number of aliphatic hydroxyl groups is 6. The minimum atomic E-state index is -3.02. The van der Waals surface area contributed by atoms with Crippen LogP contribution in [0, 0.1) is 11.8 Å². The van der Waals surface area contributed by atoms with Gasteiger partial charge in [0.2, 0.25) is 5.78 Å². The van der Waals surface area contributed by atoms with Crippen molar-refractivity contribution in [2.45, 2.75) is 30.3 Å². The van der Waals surface area contributed by atoms with Crippen LogP contribution >= 0.6 is 12.4 Å². The Bertz CT molecular complexity index is 1190. The molecule has 0 saturated heterocycles. The number of aliphatic hydroxyl groups excluding tert-OH is 4. The van der Waals surface area contributed by atoms with Gasteiger partial charge in [-0.2, -0.15) is 0 Å². The number of nitrogens with two attached hydrogens (primary N) is 1. The van der Waals surface area contributed by atoms with E-state index in [-0.39, 0.29) is 23.5 Å². The fourth-order valence-corrected chi connectivity index (χ4v) is 5.60. The number of aromatic hydroxyl groups is 1. The number of fused-ring (bicyclic) bond motifs is 3. The molecule has 0 spiro atoms. The van der Waals surface area contributed by atoms with Gasteiger partial charge in [-0.15, -0.1) is 12.4 Å². The van der Waals surface area contributed by atoms with E-state index < -0.39 is 81.1 Å². The Hall–Kier alpha value is -3.00. The topological polar surface area (TPSA) is 222 Å².